The fourth-order valence-electron chi connectivity index (χ4n) is 1.91. The molecule has 6 nitrogen and oxygen atoms in total. The van der Waals surface area contributed by atoms with Crippen LogP contribution in [0.1, 0.15) is 6.42 Å². The molecule has 2 rings (SSSR count). The maximum Gasteiger partial charge on any atom is 0.378 e. The summed E-state index contributed by atoms with van der Waals surface area (Å²) in [6, 6.07) is 6.94. The molecule has 0 fully saturated rings. The predicted octanol–water partition coefficient (Wildman–Crippen LogP) is 3.61. The van der Waals surface area contributed by atoms with E-state index in [1.807, 2.05) is 0 Å². The highest BCUT2D eigenvalue weighted by Crippen LogP contribution is 2.36. The van der Waals surface area contributed by atoms with Crippen LogP contribution in [0.4, 0.5) is 5.69 Å². The summed E-state index contributed by atoms with van der Waals surface area (Å²) in [5, 5.41) is 21.1. The number of hydrogen-bond acceptors (Lipinski definition) is 5. The van der Waals surface area contributed by atoms with E-state index in [9.17, 15) is 13.5 Å². The number of hydrogen-bond donors (Lipinski definition) is 0. The second-order valence-corrected chi connectivity index (χ2v) is 7.66. The zero-order valence-electron chi connectivity index (χ0n) is 11.1. The second-order valence-electron chi connectivity index (χ2n) is 4.30. The lowest BCUT2D eigenvalue weighted by Gasteiger charge is -2.14. The van der Waals surface area contributed by atoms with Crippen LogP contribution in [0.25, 0.3) is 15.7 Å². The van der Waals surface area contributed by atoms with Crippen molar-refractivity contribution in [2.45, 2.75) is 16.3 Å². The maximum absolute atomic E-state index is 12.4. The van der Waals surface area contributed by atoms with Gasteiger partial charge in [0.25, 0.3) is 10.1 Å². The molecule has 0 radical (unpaired) electrons. The summed E-state index contributed by atoms with van der Waals surface area (Å²) in [7, 11) is -4.04. The molecule has 0 aliphatic rings. The van der Waals surface area contributed by atoms with Gasteiger partial charge in [-0.1, -0.05) is 44.0 Å². The molecule has 0 heterocycles. The zero-order valence-corrected chi connectivity index (χ0v) is 15.1. The van der Waals surface area contributed by atoms with Crippen molar-refractivity contribution in [2.75, 3.05) is 5.33 Å². The Hall–Kier alpha value is -1.21. The average molecular weight is 450 g/mol. The van der Waals surface area contributed by atoms with Gasteiger partial charge in [0.1, 0.15) is 9.91 Å². The highest BCUT2D eigenvalue weighted by Gasteiger charge is 2.23. The number of nitrogens with zero attached hydrogens (tertiary/aromatic N) is 2. The third-order valence-corrected chi connectivity index (χ3v) is 5.63. The molecule has 0 bridgehead atoms. The van der Waals surface area contributed by atoms with Crippen LogP contribution < -0.4 is 5.11 Å². The van der Waals surface area contributed by atoms with Crippen LogP contribution in [-0.4, -0.2) is 18.8 Å². The third-order valence-electron chi connectivity index (χ3n) is 2.90. The first-order valence-corrected chi connectivity index (χ1v) is 9.56. The molecule has 116 valence electrons. The minimum atomic E-state index is -4.04. The quantitative estimate of drug-likeness (QED) is 0.394. The SMILES string of the molecule is N#[N+]c1ccc2c(S(=O)(=O)OC(Br)CCBr)cccc2c1[O-]. The van der Waals surface area contributed by atoms with Gasteiger partial charge in [-0.3, -0.25) is 4.18 Å². The lowest BCUT2D eigenvalue weighted by molar-refractivity contribution is -0.264. The van der Waals surface area contributed by atoms with E-state index in [1.54, 1.807) is 0 Å². The van der Waals surface area contributed by atoms with E-state index in [1.165, 1.54) is 30.3 Å². The molecule has 1 unspecified atom stereocenters. The Morgan fingerprint density at radius 2 is 2.00 bits per heavy atom. The van der Waals surface area contributed by atoms with Gasteiger partial charge < -0.3 is 5.11 Å². The highest BCUT2D eigenvalue weighted by atomic mass is 79.9. The molecular formula is C13H10Br2N2O4S. The molecule has 0 amide bonds. The fraction of sp³-hybridized carbons (Fsp3) is 0.231. The van der Waals surface area contributed by atoms with Crippen LogP contribution >= 0.6 is 31.9 Å². The minimum Gasteiger partial charge on any atom is -0.867 e. The third kappa shape index (κ3) is 3.41. The molecule has 0 aliphatic heterocycles. The van der Waals surface area contributed by atoms with E-state index in [2.05, 4.69) is 36.8 Å². The lowest BCUT2D eigenvalue weighted by atomic mass is 10.1. The van der Waals surface area contributed by atoms with Crippen molar-refractivity contribution in [1.29, 1.82) is 5.39 Å². The van der Waals surface area contributed by atoms with Crippen molar-refractivity contribution in [3.05, 3.63) is 35.3 Å². The topological polar surface area (TPSA) is 94.6 Å². The number of halogens is 2. The van der Waals surface area contributed by atoms with Gasteiger partial charge in [-0.2, -0.15) is 8.42 Å². The van der Waals surface area contributed by atoms with Crippen LogP contribution in [0.2, 0.25) is 0 Å². The molecule has 2 aromatic carbocycles. The smallest absolute Gasteiger partial charge is 0.378 e. The van der Waals surface area contributed by atoms with Crippen LogP contribution in [0.3, 0.4) is 0 Å². The number of diazo groups is 1. The van der Waals surface area contributed by atoms with Crippen molar-refractivity contribution >= 4 is 58.4 Å². The molecule has 0 N–H and O–H groups in total. The molecule has 2 aromatic rings. The summed E-state index contributed by atoms with van der Waals surface area (Å²) in [5.74, 6) is -0.548. The lowest BCUT2D eigenvalue weighted by Crippen LogP contribution is -2.14. The summed E-state index contributed by atoms with van der Waals surface area (Å²) in [4.78, 5) is 2.77. The molecule has 22 heavy (non-hydrogen) atoms. The normalized spacial score (nSPS) is 13.0. The van der Waals surface area contributed by atoms with E-state index in [0.29, 0.717) is 11.8 Å². The Kier molecular flexibility index (Phi) is 5.39. The summed E-state index contributed by atoms with van der Waals surface area (Å²) in [5.41, 5.74) is -0.152. The number of rotatable bonds is 5. The van der Waals surface area contributed by atoms with Gasteiger partial charge >= 0.3 is 5.69 Å². The molecule has 0 saturated heterocycles. The molecule has 0 spiro atoms. The number of benzene rings is 2. The average Bonchev–Trinajstić information content (AvgIpc) is 2.47. The molecule has 0 aliphatic carbocycles. The van der Waals surface area contributed by atoms with E-state index < -0.39 is 20.9 Å². The van der Waals surface area contributed by atoms with Crippen molar-refractivity contribution in [3.63, 3.8) is 0 Å². The van der Waals surface area contributed by atoms with Crippen LogP contribution in [0, 0.1) is 5.39 Å². The first-order valence-electron chi connectivity index (χ1n) is 6.12. The molecule has 0 saturated carbocycles. The van der Waals surface area contributed by atoms with Crippen LogP contribution in [-0.2, 0) is 14.3 Å². The van der Waals surface area contributed by atoms with Gasteiger partial charge in [0.15, 0.2) is 4.98 Å². The molecule has 1 atom stereocenters. The Morgan fingerprint density at radius 1 is 1.27 bits per heavy atom. The van der Waals surface area contributed by atoms with E-state index >= 15 is 0 Å². The van der Waals surface area contributed by atoms with Crippen molar-refractivity contribution < 1.29 is 17.7 Å². The summed E-state index contributed by atoms with van der Waals surface area (Å²) >= 11 is 6.33. The molecule has 9 heteroatoms. The van der Waals surface area contributed by atoms with Gasteiger partial charge in [0.05, 0.1) is 0 Å². The van der Waals surface area contributed by atoms with Crippen LogP contribution in [0.5, 0.6) is 5.75 Å². The van der Waals surface area contributed by atoms with Gasteiger partial charge in [0, 0.05) is 16.8 Å². The summed E-state index contributed by atoms with van der Waals surface area (Å²) < 4.78 is 29.8. The first kappa shape index (κ1) is 17.1. The maximum atomic E-state index is 12.4. The zero-order chi connectivity index (χ0) is 16.3. The monoisotopic (exact) mass is 448 g/mol. The van der Waals surface area contributed by atoms with Crippen molar-refractivity contribution in [3.8, 4) is 5.75 Å². The van der Waals surface area contributed by atoms with E-state index in [-0.39, 0.29) is 21.4 Å². The van der Waals surface area contributed by atoms with Crippen LogP contribution in [0.15, 0.2) is 35.2 Å². The van der Waals surface area contributed by atoms with Gasteiger partial charge in [-0.15, -0.1) is 0 Å². The van der Waals surface area contributed by atoms with Gasteiger partial charge in [-0.05, 0) is 29.7 Å². The van der Waals surface area contributed by atoms with Crippen molar-refractivity contribution in [1.82, 2.24) is 0 Å². The first-order chi connectivity index (χ1) is 10.4. The van der Waals surface area contributed by atoms with Crippen molar-refractivity contribution in [2.24, 2.45) is 0 Å². The Balaban J connectivity index is 2.57. The fourth-order valence-corrected chi connectivity index (χ4v) is 4.94. The number of alkyl halides is 2. The Morgan fingerprint density at radius 3 is 2.64 bits per heavy atom. The minimum absolute atomic E-state index is 0.106. The van der Waals surface area contributed by atoms with Gasteiger partial charge in [0.2, 0.25) is 5.39 Å². The highest BCUT2D eigenvalue weighted by molar-refractivity contribution is 9.10. The summed E-state index contributed by atoms with van der Waals surface area (Å²) in [6.45, 7) is 0. The Labute approximate surface area is 144 Å². The number of fused-ring (bicyclic) bond motifs is 1. The molecular weight excluding hydrogens is 440 g/mol. The second kappa shape index (κ2) is 6.91. The van der Waals surface area contributed by atoms with E-state index in [0.717, 1.165) is 0 Å². The Bertz CT molecular complexity index is 849. The summed E-state index contributed by atoms with van der Waals surface area (Å²) in [6.07, 6.45) is 0.449. The largest absolute Gasteiger partial charge is 0.867 e. The molecule has 0 aromatic heterocycles. The van der Waals surface area contributed by atoms with E-state index in [4.69, 9.17) is 9.58 Å². The van der Waals surface area contributed by atoms with Gasteiger partial charge in [-0.25, -0.2) is 0 Å². The predicted molar refractivity (Wildman–Crippen MR) is 87.5 cm³/mol. The standard InChI is InChI=1S/C13H10Br2N2O4S/c14-7-6-12(15)21-22(19,20)11-3-1-2-9-8(11)4-5-10(17-16)13(9)18/h1-5,12H,6-7H2.